The molecule has 1 fully saturated rings. The number of benzene rings is 1. The molecule has 1 aliphatic rings. The van der Waals surface area contributed by atoms with E-state index in [-0.39, 0.29) is 18.2 Å². The van der Waals surface area contributed by atoms with Gasteiger partial charge in [-0.2, -0.15) is 18.0 Å². The molecule has 3 aromatic rings. The van der Waals surface area contributed by atoms with Crippen LogP contribution in [0.2, 0.25) is 10.2 Å². The Balaban J connectivity index is 1.62. The lowest BCUT2D eigenvalue weighted by Gasteiger charge is -2.19. The van der Waals surface area contributed by atoms with E-state index >= 15 is 0 Å². The third kappa shape index (κ3) is 5.17. The zero-order valence-corrected chi connectivity index (χ0v) is 19.5. The molecule has 0 saturated heterocycles. The Morgan fingerprint density at radius 3 is 2.67 bits per heavy atom. The van der Waals surface area contributed by atoms with Crippen LogP contribution in [0, 0.1) is 5.92 Å². The third-order valence-corrected chi connectivity index (χ3v) is 6.40. The topological polar surface area (TPSA) is 161 Å². The van der Waals surface area contributed by atoms with Crippen LogP contribution in [0.1, 0.15) is 6.42 Å². The highest BCUT2D eigenvalue weighted by molar-refractivity contribution is 7.84. The first-order valence-electron chi connectivity index (χ1n) is 9.76. The van der Waals surface area contributed by atoms with E-state index < -0.39 is 34.5 Å². The van der Waals surface area contributed by atoms with Crippen LogP contribution in [-0.2, 0) is 14.5 Å². The molecule has 0 spiro atoms. The van der Waals surface area contributed by atoms with Gasteiger partial charge in [0.15, 0.2) is 5.65 Å². The normalized spacial score (nSPS) is 23.2. The van der Waals surface area contributed by atoms with Crippen molar-refractivity contribution in [3.8, 4) is 17.0 Å². The summed E-state index contributed by atoms with van der Waals surface area (Å²) in [7, 11) is -2.62. The smallest absolute Gasteiger partial charge is 0.333 e. The zero-order valence-electron chi connectivity index (χ0n) is 17.2. The van der Waals surface area contributed by atoms with Crippen LogP contribution in [0.25, 0.3) is 16.9 Å². The minimum atomic E-state index is -4.17. The van der Waals surface area contributed by atoms with E-state index in [1.807, 2.05) is 0 Å². The maximum atomic E-state index is 11.1. The molecule has 0 bridgehead atoms. The van der Waals surface area contributed by atoms with Gasteiger partial charge in [-0.3, -0.25) is 4.18 Å². The first-order chi connectivity index (χ1) is 15.6. The van der Waals surface area contributed by atoms with Crippen molar-refractivity contribution >= 4 is 45.0 Å². The van der Waals surface area contributed by atoms with E-state index in [0.717, 1.165) is 0 Å². The molecule has 0 radical (unpaired) electrons. The lowest BCUT2D eigenvalue weighted by atomic mass is 10.1. The Morgan fingerprint density at radius 2 is 2.00 bits per heavy atom. The fourth-order valence-corrected chi connectivity index (χ4v) is 4.64. The second-order valence-corrected chi connectivity index (χ2v) is 9.63. The van der Waals surface area contributed by atoms with Crippen molar-refractivity contribution in [2.75, 3.05) is 19.0 Å². The Morgan fingerprint density at radius 1 is 1.24 bits per heavy atom. The van der Waals surface area contributed by atoms with Crippen molar-refractivity contribution < 1.29 is 27.6 Å². The van der Waals surface area contributed by atoms with E-state index in [1.54, 1.807) is 31.4 Å². The summed E-state index contributed by atoms with van der Waals surface area (Å²) < 4.78 is 33.4. The van der Waals surface area contributed by atoms with Crippen molar-refractivity contribution in [3.05, 3.63) is 40.5 Å². The van der Waals surface area contributed by atoms with Gasteiger partial charge in [0.25, 0.3) is 0 Å². The van der Waals surface area contributed by atoms with Crippen LogP contribution >= 0.6 is 23.2 Å². The molecule has 0 unspecified atom stereocenters. The molecule has 11 nitrogen and oxygen atoms in total. The maximum absolute atomic E-state index is 11.1. The van der Waals surface area contributed by atoms with Gasteiger partial charge in [-0.1, -0.05) is 23.2 Å². The van der Waals surface area contributed by atoms with E-state index in [1.165, 1.54) is 10.6 Å². The number of aliphatic hydroxyl groups is 2. The number of hydrogen-bond donors (Lipinski definition) is 4. The predicted molar refractivity (Wildman–Crippen MR) is 122 cm³/mol. The van der Waals surface area contributed by atoms with Gasteiger partial charge in [-0.15, -0.1) is 0 Å². The maximum Gasteiger partial charge on any atom is 0.333 e. The predicted octanol–water partition coefficient (Wildman–Crippen LogP) is 1.45. The highest BCUT2D eigenvalue weighted by Gasteiger charge is 2.42. The standard InChI is InChI=1S/C19H21Cl2N5O6S/c1-31-10-2-3-11(12(20)5-10)13-6-16-24-15(21)7-17(26(16)25-13)23-14-4-9(18(27)19(14)28)8-32-33(22,29)30/h2-3,5-7,9,14,18-19,23,27-28H,4,8H2,1H3,(H2,22,29,30)/t9-,14-,18-,19+/m1/s1. The molecule has 1 aromatic carbocycles. The number of rotatable bonds is 7. The fourth-order valence-electron chi connectivity index (χ4n) is 3.81. The number of aliphatic hydroxyl groups excluding tert-OH is 2. The lowest BCUT2D eigenvalue weighted by molar-refractivity contribution is 0.00777. The van der Waals surface area contributed by atoms with Gasteiger partial charge in [-0.05, 0) is 24.6 Å². The second-order valence-electron chi connectivity index (χ2n) is 7.61. The van der Waals surface area contributed by atoms with Crippen LogP contribution in [-0.4, -0.2) is 65.2 Å². The van der Waals surface area contributed by atoms with Gasteiger partial charge >= 0.3 is 10.3 Å². The summed E-state index contributed by atoms with van der Waals surface area (Å²) >= 11 is 12.6. The largest absolute Gasteiger partial charge is 0.497 e. The lowest BCUT2D eigenvalue weighted by Crippen LogP contribution is -2.36. The van der Waals surface area contributed by atoms with Gasteiger partial charge < -0.3 is 20.3 Å². The van der Waals surface area contributed by atoms with Crippen LogP contribution in [0.15, 0.2) is 30.3 Å². The van der Waals surface area contributed by atoms with Gasteiger partial charge in [0, 0.05) is 23.6 Å². The molecule has 0 amide bonds. The minimum absolute atomic E-state index is 0.180. The van der Waals surface area contributed by atoms with E-state index in [0.29, 0.717) is 33.5 Å². The first kappa shape index (κ1) is 24.0. The van der Waals surface area contributed by atoms with Crippen molar-refractivity contribution in [3.63, 3.8) is 0 Å². The number of anilines is 1. The Hall–Kier alpha value is -2.19. The third-order valence-electron chi connectivity index (χ3n) is 5.43. The molecule has 4 rings (SSSR count). The quantitative estimate of drug-likeness (QED) is 0.339. The highest BCUT2D eigenvalue weighted by Crippen LogP contribution is 2.33. The molecule has 33 heavy (non-hydrogen) atoms. The van der Waals surface area contributed by atoms with Gasteiger partial charge in [0.1, 0.15) is 22.8 Å². The summed E-state index contributed by atoms with van der Waals surface area (Å²) in [6.07, 6.45) is -2.21. The molecule has 2 aromatic heterocycles. The van der Waals surface area contributed by atoms with Crippen molar-refractivity contribution in [2.24, 2.45) is 11.1 Å². The average Bonchev–Trinajstić information content (AvgIpc) is 3.28. The summed E-state index contributed by atoms with van der Waals surface area (Å²) in [6, 6.07) is 7.77. The zero-order chi connectivity index (χ0) is 23.9. The SMILES string of the molecule is COc1ccc(-c2cc3nc(Cl)cc(N[C@@H]4C[C@H](COS(N)(=O)=O)[C@@H](O)[C@H]4O)n3n2)c(Cl)c1. The van der Waals surface area contributed by atoms with E-state index in [9.17, 15) is 18.6 Å². The minimum Gasteiger partial charge on any atom is -0.497 e. The monoisotopic (exact) mass is 517 g/mol. The number of methoxy groups -OCH3 is 1. The van der Waals surface area contributed by atoms with Crippen LogP contribution in [0.3, 0.4) is 0 Å². The van der Waals surface area contributed by atoms with Crippen molar-refractivity contribution in [1.29, 1.82) is 0 Å². The summed E-state index contributed by atoms with van der Waals surface area (Å²) in [4.78, 5) is 4.27. The Bertz CT molecular complexity index is 1290. The summed E-state index contributed by atoms with van der Waals surface area (Å²) in [5.74, 6) is 0.353. The number of nitrogens with two attached hydrogens (primary N) is 1. The number of nitrogens with zero attached hydrogens (tertiary/aromatic N) is 3. The molecule has 0 aliphatic heterocycles. The highest BCUT2D eigenvalue weighted by atomic mass is 35.5. The summed E-state index contributed by atoms with van der Waals surface area (Å²) in [5, 5.41) is 33.9. The number of halogens is 2. The van der Waals surface area contributed by atoms with Crippen LogP contribution in [0.5, 0.6) is 5.75 Å². The molecule has 5 N–H and O–H groups in total. The molecule has 2 heterocycles. The van der Waals surface area contributed by atoms with Crippen molar-refractivity contribution in [1.82, 2.24) is 14.6 Å². The van der Waals surface area contributed by atoms with E-state index in [2.05, 4.69) is 19.6 Å². The molecule has 4 atom stereocenters. The Kier molecular flexibility index (Phi) is 6.69. The molecular weight excluding hydrogens is 497 g/mol. The molecule has 14 heteroatoms. The fraction of sp³-hybridized carbons (Fsp3) is 0.368. The number of aromatic nitrogens is 3. The molecule has 1 aliphatic carbocycles. The van der Waals surface area contributed by atoms with Crippen LogP contribution in [0.4, 0.5) is 5.82 Å². The van der Waals surface area contributed by atoms with Gasteiger partial charge in [0.05, 0.1) is 36.6 Å². The number of ether oxygens (including phenoxy) is 1. The molecular formula is C19H21Cl2N5O6S. The van der Waals surface area contributed by atoms with Crippen LogP contribution < -0.4 is 15.2 Å². The number of hydrogen-bond acceptors (Lipinski definition) is 9. The summed E-state index contributed by atoms with van der Waals surface area (Å²) in [5.41, 5.74) is 1.61. The average molecular weight is 518 g/mol. The van der Waals surface area contributed by atoms with E-state index in [4.69, 9.17) is 33.1 Å². The first-order valence-corrected chi connectivity index (χ1v) is 12.0. The molecule has 178 valence electrons. The van der Waals surface area contributed by atoms with Gasteiger partial charge in [-0.25, -0.2) is 10.1 Å². The molecule has 1 saturated carbocycles. The van der Waals surface area contributed by atoms with Crippen molar-refractivity contribution in [2.45, 2.75) is 24.7 Å². The number of nitrogens with one attached hydrogen (secondary N) is 1. The number of fused-ring (bicyclic) bond motifs is 1. The second kappa shape index (κ2) is 9.22. The summed E-state index contributed by atoms with van der Waals surface area (Å²) in [6.45, 7) is -0.358. The Labute approximate surface area is 199 Å². The van der Waals surface area contributed by atoms with Gasteiger partial charge in [0.2, 0.25) is 0 Å².